The molecule has 3 rings (SSSR count). The summed E-state index contributed by atoms with van der Waals surface area (Å²) in [4.78, 5) is 14.2. The van der Waals surface area contributed by atoms with Crippen molar-refractivity contribution in [2.45, 2.75) is 51.3 Å². The molecule has 0 N–H and O–H groups in total. The molecule has 162 valence electrons. The molecule has 0 bridgehead atoms. The van der Waals surface area contributed by atoms with Gasteiger partial charge in [-0.3, -0.25) is 0 Å². The number of benzene rings is 2. The van der Waals surface area contributed by atoms with Crippen LogP contribution < -0.4 is 0 Å². The zero-order chi connectivity index (χ0) is 21.9. The van der Waals surface area contributed by atoms with E-state index in [0.29, 0.717) is 25.8 Å². The summed E-state index contributed by atoms with van der Waals surface area (Å²) in [7, 11) is 0. The van der Waals surface area contributed by atoms with E-state index in [1.807, 2.05) is 20.8 Å². The van der Waals surface area contributed by atoms with E-state index in [1.54, 1.807) is 0 Å². The molecule has 0 spiro atoms. The normalized spacial score (nSPS) is 17.7. The average Bonchev–Trinajstić information content (AvgIpc) is 2.74. The van der Waals surface area contributed by atoms with Crippen molar-refractivity contribution >= 4 is 6.09 Å². The van der Waals surface area contributed by atoms with Gasteiger partial charge in [0, 0.05) is 19.0 Å². The SMILES string of the molecule is CCC(C)(C)OC(=O)N1CCCC(C(F)(c2ccc(F)cc2)c2ccc(F)cc2)C1. The quantitative estimate of drug-likeness (QED) is 0.576. The van der Waals surface area contributed by atoms with Crippen molar-refractivity contribution in [1.29, 1.82) is 0 Å². The Kier molecular flexibility index (Phi) is 6.44. The number of carbonyl (C=O) groups excluding carboxylic acids is 1. The first-order valence-corrected chi connectivity index (χ1v) is 10.3. The maximum Gasteiger partial charge on any atom is 0.410 e. The molecular weight excluding hydrogens is 391 g/mol. The van der Waals surface area contributed by atoms with Crippen LogP contribution in [0.4, 0.5) is 18.0 Å². The van der Waals surface area contributed by atoms with E-state index in [2.05, 4.69) is 0 Å². The molecule has 30 heavy (non-hydrogen) atoms. The summed E-state index contributed by atoms with van der Waals surface area (Å²) in [5.41, 5.74) is -2.04. The van der Waals surface area contributed by atoms with E-state index in [0.717, 1.165) is 0 Å². The number of rotatable bonds is 5. The van der Waals surface area contributed by atoms with Gasteiger partial charge in [0.05, 0.1) is 0 Å². The summed E-state index contributed by atoms with van der Waals surface area (Å²) in [6.45, 7) is 6.25. The Balaban J connectivity index is 1.94. The number of hydrogen-bond acceptors (Lipinski definition) is 2. The maximum absolute atomic E-state index is 16.8. The van der Waals surface area contributed by atoms with Gasteiger partial charge in [-0.05, 0) is 68.5 Å². The van der Waals surface area contributed by atoms with E-state index in [4.69, 9.17) is 4.74 Å². The van der Waals surface area contributed by atoms with Gasteiger partial charge in [0.25, 0.3) is 0 Å². The van der Waals surface area contributed by atoms with Crippen LogP contribution in [0.3, 0.4) is 0 Å². The summed E-state index contributed by atoms with van der Waals surface area (Å²) in [5.74, 6) is -1.51. The minimum absolute atomic E-state index is 0.157. The standard InChI is InChI=1S/C24H28F3NO2/c1-4-23(2,3)30-22(29)28-15-5-6-19(16-28)24(27,17-7-11-20(25)12-8-17)18-9-13-21(26)14-10-18/h7-14,19H,4-6,15-16H2,1-3H3. The highest BCUT2D eigenvalue weighted by atomic mass is 19.1. The molecule has 2 aromatic rings. The van der Waals surface area contributed by atoms with Crippen LogP contribution in [-0.2, 0) is 10.4 Å². The van der Waals surface area contributed by atoms with Crippen LogP contribution >= 0.6 is 0 Å². The second-order valence-electron chi connectivity index (χ2n) is 8.49. The summed E-state index contributed by atoms with van der Waals surface area (Å²) in [6.07, 6.45) is 1.34. The molecule has 1 aliphatic rings. The molecule has 1 atom stereocenters. The van der Waals surface area contributed by atoms with Crippen molar-refractivity contribution in [3.05, 3.63) is 71.3 Å². The first-order chi connectivity index (χ1) is 14.2. The van der Waals surface area contributed by atoms with Gasteiger partial charge in [-0.15, -0.1) is 0 Å². The third-order valence-electron chi connectivity index (χ3n) is 5.99. The first-order valence-electron chi connectivity index (χ1n) is 10.3. The highest BCUT2D eigenvalue weighted by Crippen LogP contribution is 2.45. The third-order valence-corrected chi connectivity index (χ3v) is 5.99. The molecule has 2 aromatic carbocycles. The monoisotopic (exact) mass is 419 g/mol. The van der Waals surface area contributed by atoms with Crippen LogP contribution in [0.1, 0.15) is 51.2 Å². The number of amides is 1. The van der Waals surface area contributed by atoms with E-state index in [1.165, 1.54) is 53.4 Å². The number of hydrogen-bond donors (Lipinski definition) is 0. The summed E-state index contributed by atoms with van der Waals surface area (Å²) >= 11 is 0. The minimum atomic E-state index is -2.00. The van der Waals surface area contributed by atoms with E-state index < -0.39 is 34.9 Å². The fourth-order valence-corrected chi connectivity index (χ4v) is 3.86. The Morgan fingerprint density at radius 2 is 1.53 bits per heavy atom. The number of nitrogens with zero attached hydrogens (tertiary/aromatic N) is 1. The molecule has 1 aliphatic heterocycles. The number of alkyl halides is 1. The maximum atomic E-state index is 16.8. The first kappa shape index (κ1) is 22.2. The Bertz CT molecular complexity index is 820. The zero-order valence-corrected chi connectivity index (χ0v) is 17.6. The van der Waals surface area contributed by atoms with Gasteiger partial charge in [-0.1, -0.05) is 31.2 Å². The van der Waals surface area contributed by atoms with E-state index in [9.17, 15) is 13.6 Å². The fraction of sp³-hybridized carbons (Fsp3) is 0.458. The predicted octanol–water partition coefficient (Wildman–Crippen LogP) is 6.22. The van der Waals surface area contributed by atoms with E-state index in [-0.39, 0.29) is 17.7 Å². The third kappa shape index (κ3) is 4.63. The Labute approximate surface area is 175 Å². The molecule has 0 aromatic heterocycles. The lowest BCUT2D eigenvalue weighted by Gasteiger charge is -2.41. The van der Waals surface area contributed by atoms with Gasteiger partial charge in [0.2, 0.25) is 0 Å². The van der Waals surface area contributed by atoms with Crippen molar-refractivity contribution in [1.82, 2.24) is 4.90 Å². The fourth-order valence-electron chi connectivity index (χ4n) is 3.86. The van der Waals surface area contributed by atoms with Gasteiger partial charge >= 0.3 is 6.09 Å². The molecule has 0 saturated carbocycles. The van der Waals surface area contributed by atoms with Crippen LogP contribution in [0, 0.1) is 17.6 Å². The zero-order valence-electron chi connectivity index (χ0n) is 17.6. The van der Waals surface area contributed by atoms with Gasteiger partial charge in [-0.2, -0.15) is 0 Å². The van der Waals surface area contributed by atoms with Crippen molar-refractivity contribution in [3.8, 4) is 0 Å². The lowest BCUT2D eigenvalue weighted by molar-refractivity contribution is -0.00780. The van der Waals surface area contributed by atoms with Gasteiger partial charge in [-0.25, -0.2) is 18.0 Å². The van der Waals surface area contributed by atoms with Crippen LogP contribution in [0.15, 0.2) is 48.5 Å². The van der Waals surface area contributed by atoms with Gasteiger partial charge in [0.1, 0.15) is 17.2 Å². The number of carbonyl (C=O) groups is 1. The van der Waals surface area contributed by atoms with Crippen molar-refractivity contribution < 1.29 is 22.7 Å². The van der Waals surface area contributed by atoms with Crippen LogP contribution in [0.25, 0.3) is 0 Å². The number of ether oxygens (including phenoxy) is 1. The second kappa shape index (κ2) is 8.70. The molecule has 1 unspecified atom stereocenters. The number of halogens is 3. The molecule has 1 saturated heterocycles. The topological polar surface area (TPSA) is 29.5 Å². The van der Waals surface area contributed by atoms with Gasteiger partial charge in [0.15, 0.2) is 5.67 Å². The van der Waals surface area contributed by atoms with Gasteiger partial charge < -0.3 is 9.64 Å². The lowest BCUT2D eigenvalue weighted by atomic mass is 9.74. The van der Waals surface area contributed by atoms with Crippen molar-refractivity contribution in [2.24, 2.45) is 5.92 Å². The summed E-state index contributed by atoms with van der Waals surface area (Å²) < 4.78 is 49.4. The van der Waals surface area contributed by atoms with Crippen molar-refractivity contribution in [2.75, 3.05) is 13.1 Å². The lowest BCUT2D eigenvalue weighted by Crippen LogP contribution is -2.48. The molecule has 6 heteroatoms. The van der Waals surface area contributed by atoms with Crippen LogP contribution in [0.5, 0.6) is 0 Å². The molecule has 1 amide bonds. The molecule has 0 radical (unpaired) electrons. The van der Waals surface area contributed by atoms with Crippen LogP contribution in [0.2, 0.25) is 0 Å². The second-order valence-corrected chi connectivity index (χ2v) is 8.49. The minimum Gasteiger partial charge on any atom is -0.443 e. The van der Waals surface area contributed by atoms with Crippen molar-refractivity contribution in [3.63, 3.8) is 0 Å². The molecule has 0 aliphatic carbocycles. The predicted molar refractivity (Wildman–Crippen MR) is 110 cm³/mol. The van der Waals surface area contributed by atoms with E-state index >= 15 is 4.39 Å². The smallest absolute Gasteiger partial charge is 0.410 e. The highest BCUT2D eigenvalue weighted by molar-refractivity contribution is 5.68. The number of likely N-dealkylation sites (tertiary alicyclic amines) is 1. The largest absolute Gasteiger partial charge is 0.443 e. The molecule has 1 heterocycles. The number of piperidine rings is 1. The molecule has 3 nitrogen and oxygen atoms in total. The Morgan fingerprint density at radius 3 is 2.00 bits per heavy atom. The van der Waals surface area contributed by atoms with Crippen LogP contribution in [-0.4, -0.2) is 29.7 Å². The average molecular weight is 419 g/mol. The summed E-state index contributed by atoms with van der Waals surface area (Å²) in [6, 6.07) is 10.5. The molecular formula is C24H28F3NO2. The molecule has 1 fully saturated rings. The highest BCUT2D eigenvalue weighted by Gasteiger charge is 2.45. The Hall–Kier alpha value is -2.50. The Morgan fingerprint density at radius 1 is 1.03 bits per heavy atom. The summed E-state index contributed by atoms with van der Waals surface area (Å²) in [5, 5.41) is 0.